The zero-order valence-electron chi connectivity index (χ0n) is 13.4. The summed E-state index contributed by atoms with van der Waals surface area (Å²) in [6, 6.07) is 5.67. The van der Waals surface area contributed by atoms with E-state index in [0.29, 0.717) is 23.4 Å². The molecule has 0 atom stereocenters. The highest BCUT2D eigenvalue weighted by Crippen LogP contribution is 2.29. The van der Waals surface area contributed by atoms with Crippen LogP contribution in [0, 0.1) is 0 Å². The van der Waals surface area contributed by atoms with Crippen LogP contribution in [0.25, 0.3) is 10.9 Å². The average molecular weight is 337 g/mol. The lowest BCUT2D eigenvalue weighted by atomic mass is 10.2. The molecule has 0 unspecified atom stereocenters. The second-order valence-corrected chi connectivity index (χ2v) is 5.44. The number of hydrogen-bond donors (Lipinski definition) is 2. The van der Waals surface area contributed by atoms with Crippen LogP contribution in [0.2, 0.25) is 0 Å². The number of anilines is 2. The lowest BCUT2D eigenvalue weighted by molar-refractivity contribution is 0.0996. The third kappa shape index (κ3) is 2.55. The largest absolute Gasteiger partial charge is 0.494 e. The summed E-state index contributed by atoms with van der Waals surface area (Å²) in [6.45, 7) is 1.40. The van der Waals surface area contributed by atoms with E-state index in [1.54, 1.807) is 7.11 Å². The summed E-state index contributed by atoms with van der Waals surface area (Å²) in [5, 5.41) is 4.23. The molecule has 9 nitrogen and oxygen atoms in total. The van der Waals surface area contributed by atoms with Crippen LogP contribution in [0.3, 0.4) is 0 Å². The Morgan fingerprint density at radius 1 is 1.36 bits per heavy atom. The maximum absolute atomic E-state index is 12.4. The van der Waals surface area contributed by atoms with Crippen LogP contribution in [-0.2, 0) is 6.54 Å². The second kappa shape index (κ2) is 5.86. The van der Waals surface area contributed by atoms with Crippen molar-refractivity contribution in [3.63, 3.8) is 0 Å². The van der Waals surface area contributed by atoms with Gasteiger partial charge in [-0.15, -0.1) is 0 Å². The highest BCUT2D eigenvalue weighted by molar-refractivity contribution is 5.95. The van der Waals surface area contributed by atoms with Crippen LogP contribution in [0.5, 0.6) is 5.75 Å². The molecule has 1 aliphatic rings. The minimum absolute atomic E-state index is 0.101. The van der Waals surface area contributed by atoms with Gasteiger partial charge in [0, 0.05) is 30.9 Å². The Labute approximate surface area is 142 Å². The van der Waals surface area contributed by atoms with E-state index < -0.39 is 5.91 Å². The van der Waals surface area contributed by atoms with Gasteiger partial charge in [-0.25, -0.2) is 15.0 Å². The molecule has 0 spiro atoms. The number of para-hydroxylation sites is 1. The third-order valence-corrected chi connectivity index (χ3v) is 3.95. The Bertz CT molecular complexity index is 1040. The number of fused-ring (bicyclic) bond motifs is 3. The first-order valence-electron chi connectivity index (χ1n) is 7.65. The first kappa shape index (κ1) is 15.1. The Kier molecular flexibility index (Phi) is 3.53. The fourth-order valence-corrected chi connectivity index (χ4v) is 2.78. The standard InChI is InChI=1S/C16H15N7O2/c1-25-11-4-2-3-10-12(11)21-16(23-6-5-18-13(10)23)22-14(24)9-7-19-15(17)20-8-9/h2-4,7-8,18H,5-6H2,1H3,(H2,17,19,20). The zero-order chi connectivity index (χ0) is 17.4. The number of nitrogens with two attached hydrogens (primary N) is 1. The molecule has 3 N–H and O–H groups in total. The van der Waals surface area contributed by atoms with Crippen molar-refractivity contribution in [2.75, 3.05) is 24.7 Å². The molecule has 9 heteroatoms. The molecule has 1 aromatic carbocycles. The summed E-state index contributed by atoms with van der Waals surface area (Å²) in [5.74, 6) is 1.10. The van der Waals surface area contributed by atoms with Crippen molar-refractivity contribution in [1.29, 1.82) is 0 Å². The fraction of sp³-hybridized carbons (Fsp3) is 0.188. The van der Waals surface area contributed by atoms with Crippen molar-refractivity contribution in [3.05, 3.63) is 41.8 Å². The van der Waals surface area contributed by atoms with Gasteiger partial charge in [0.25, 0.3) is 5.91 Å². The van der Waals surface area contributed by atoms with E-state index >= 15 is 0 Å². The van der Waals surface area contributed by atoms with E-state index in [1.165, 1.54) is 12.4 Å². The maximum Gasteiger partial charge on any atom is 0.283 e. The summed E-state index contributed by atoms with van der Waals surface area (Å²) in [7, 11) is 1.58. The van der Waals surface area contributed by atoms with E-state index in [-0.39, 0.29) is 11.5 Å². The molecule has 2 aromatic heterocycles. The minimum Gasteiger partial charge on any atom is -0.494 e. The summed E-state index contributed by atoms with van der Waals surface area (Å²) in [6.07, 6.45) is 2.69. The highest BCUT2D eigenvalue weighted by atomic mass is 16.5. The molecule has 126 valence electrons. The van der Waals surface area contributed by atoms with E-state index in [1.807, 2.05) is 22.8 Å². The van der Waals surface area contributed by atoms with Crippen molar-refractivity contribution in [3.8, 4) is 5.75 Å². The number of methoxy groups -OCH3 is 1. The SMILES string of the molecule is COc1cccc2c3n(c(=NC(=O)c4cnc(N)nc4)nc12)CCN3. The predicted octanol–water partition coefficient (Wildman–Crippen LogP) is 0.584. The second-order valence-electron chi connectivity index (χ2n) is 5.44. The Hall–Kier alpha value is -3.49. The molecule has 3 aromatic rings. The summed E-state index contributed by atoms with van der Waals surface area (Å²) in [4.78, 5) is 28.8. The number of nitrogen functional groups attached to an aromatic ring is 1. The van der Waals surface area contributed by atoms with Crippen molar-refractivity contribution < 1.29 is 9.53 Å². The van der Waals surface area contributed by atoms with Gasteiger partial charge in [-0.1, -0.05) is 6.07 Å². The molecule has 0 bridgehead atoms. The van der Waals surface area contributed by atoms with Gasteiger partial charge in [-0.2, -0.15) is 4.99 Å². The Morgan fingerprint density at radius 2 is 2.16 bits per heavy atom. The van der Waals surface area contributed by atoms with Gasteiger partial charge in [0.2, 0.25) is 11.6 Å². The van der Waals surface area contributed by atoms with Gasteiger partial charge in [0.05, 0.1) is 12.7 Å². The topological polar surface area (TPSA) is 120 Å². The predicted molar refractivity (Wildman–Crippen MR) is 91.1 cm³/mol. The van der Waals surface area contributed by atoms with Gasteiger partial charge in [0.15, 0.2) is 0 Å². The first-order chi connectivity index (χ1) is 12.2. The molecule has 0 radical (unpaired) electrons. The molecule has 0 aliphatic carbocycles. The monoisotopic (exact) mass is 337 g/mol. The quantitative estimate of drug-likeness (QED) is 0.702. The zero-order valence-corrected chi connectivity index (χ0v) is 13.4. The van der Waals surface area contributed by atoms with Crippen LogP contribution in [0.1, 0.15) is 10.4 Å². The van der Waals surface area contributed by atoms with Crippen LogP contribution < -0.4 is 21.4 Å². The summed E-state index contributed by atoms with van der Waals surface area (Å²) in [5.41, 5.74) is 6.64. The van der Waals surface area contributed by atoms with E-state index in [4.69, 9.17) is 10.5 Å². The molecule has 0 fully saturated rings. The number of nitrogens with one attached hydrogen (secondary N) is 1. The first-order valence-corrected chi connectivity index (χ1v) is 7.65. The fourth-order valence-electron chi connectivity index (χ4n) is 2.78. The molecular weight excluding hydrogens is 322 g/mol. The molecule has 1 aliphatic heterocycles. The van der Waals surface area contributed by atoms with Gasteiger partial charge in [-0.3, -0.25) is 9.36 Å². The van der Waals surface area contributed by atoms with E-state index in [2.05, 4.69) is 25.3 Å². The van der Waals surface area contributed by atoms with Crippen molar-refractivity contribution in [2.45, 2.75) is 6.54 Å². The lowest BCUT2D eigenvalue weighted by Crippen LogP contribution is -2.25. The third-order valence-electron chi connectivity index (χ3n) is 3.95. The minimum atomic E-state index is -0.483. The number of benzene rings is 1. The van der Waals surface area contributed by atoms with Gasteiger partial charge in [-0.05, 0) is 12.1 Å². The average Bonchev–Trinajstić information content (AvgIpc) is 3.12. The molecule has 1 amide bonds. The van der Waals surface area contributed by atoms with Gasteiger partial charge < -0.3 is 15.8 Å². The van der Waals surface area contributed by atoms with Crippen molar-refractivity contribution in [1.82, 2.24) is 19.5 Å². The number of nitrogens with zero attached hydrogens (tertiary/aromatic N) is 5. The highest BCUT2D eigenvalue weighted by Gasteiger charge is 2.18. The van der Waals surface area contributed by atoms with Crippen molar-refractivity contribution >= 4 is 28.6 Å². The maximum atomic E-state index is 12.4. The Balaban J connectivity index is 1.92. The molecule has 25 heavy (non-hydrogen) atoms. The summed E-state index contributed by atoms with van der Waals surface area (Å²) < 4.78 is 7.26. The molecule has 0 saturated carbocycles. The summed E-state index contributed by atoms with van der Waals surface area (Å²) >= 11 is 0. The Morgan fingerprint density at radius 3 is 2.92 bits per heavy atom. The molecule has 0 saturated heterocycles. The smallest absolute Gasteiger partial charge is 0.283 e. The molecule has 3 heterocycles. The number of aromatic nitrogens is 4. The van der Waals surface area contributed by atoms with Gasteiger partial charge in [0.1, 0.15) is 17.1 Å². The van der Waals surface area contributed by atoms with Crippen LogP contribution in [-0.4, -0.2) is 39.1 Å². The van der Waals surface area contributed by atoms with Crippen LogP contribution in [0.4, 0.5) is 11.8 Å². The van der Waals surface area contributed by atoms with E-state index in [0.717, 1.165) is 17.7 Å². The lowest BCUT2D eigenvalue weighted by Gasteiger charge is -2.10. The van der Waals surface area contributed by atoms with Crippen molar-refractivity contribution in [2.24, 2.45) is 4.99 Å². The number of hydrogen-bond acceptors (Lipinski definition) is 7. The van der Waals surface area contributed by atoms with Crippen LogP contribution in [0.15, 0.2) is 35.6 Å². The van der Waals surface area contributed by atoms with E-state index in [9.17, 15) is 4.79 Å². The molecular formula is C16H15N7O2. The number of rotatable bonds is 2. The van der Waals surface area contributed by atoms with Crippen LogP contribution >= 0.6 is 0 Å². The normalized spacial score (nSPS) is 13.6. The molecule has 4 rings (SSSR count). The number of carbonyl (C=O) groups excluding carboxylic acids is 1. The number of amides is 1. The number of carbonyl (C=O) groups is 1. The van der Waals surface area contributed by atoms with Gasteiger partial charge >= 0.3 is 0 Å². The number of ether oxygens (including phenoxy) is 1.